The SMILES string of the molecule is C=CC(C)NC12CCC(CC1)C2(C)C. The van der Waals surface area contributed by atoms with Gasteiger partial charge in [0.05, 0.1) is 0 Å². The summed E-state index contributed by atoms with van der Waals surface area (Å²) in [6, 6.07) is 0.450. The highest BCUT2D eigenvalue weighted by atomic mass is 15.0. The predicted molar refractivity (Wildman–Crippen MR) is 61.3 cm³/mol. The number of fused-ring (bicyclic) bond motifs is 2. The maximum absolute atomic E-state index is 3.87. The Morgan fingerprint density at radius 2 is 1.93 bits per heavy atom. The van der Waals surface area contributed by atoms with Gasteiger partial charge in [-0.25, -0.2) is 0 Å². The van der Waals surface area contributed by atoms with Crippen LogP contribution in [0.1, 0.15) is 46.5 Å². The van der Waals surface area contributed by atoms with Gasteiger partial charge in [-0.3, -0.25) is 0 Å². The summed E-state index contributed by atoms with van der Waals surface area (Å²) in [5.74, 6) is 0.951. The van der Waals surface area contributed by atoms with E-state index in [1.165, 1.54) is 25.7 Å². The third-order valence-electron chi connectivity index (χ3n) is 4.95. The first-order chi connectivity index (χ1) is 6.52. The van der Waals surface area contributed by atoms with Crippen molar-refractivity contribution in [1.29, 1.82) is 0 Å². The molecule has 1 unspecified atom stereocenters. The molecule has 1 atom stereocenters. The summed E-state index contributed by atoms with van der Waals surface area (Å²) >= 11 is 0. The van der Waals surface area contributed by atoms with Gasteiger partial charge < -0.3 is 5.32 Å². The molecule has 2 rings (SSSR count). The van der Waals surface area contributed by atoms with Crippen molar-refractivity contribution in [1.82, 2.24) is 5.32 Å². The van der Waals surface area contributed by atoms with Crippen LogP contribution in [0.3, 0.4) is 0 Å². The molecule has 0 radical (unpaired) electrons. The highest BCUT2D eigenvalue weighted by Crippen LogP contribution is 2.60. The molecule has 14 heavy (non-hydrogen) atoms. The highest BCUT2D eigenvalue weighted by molar-refractivity contribution is 5.15. The van der Waals surface area contributed by atoms with E-state index in [4.69, 9.17) is 0 Å². The lowest BCUT2D eigenvalue weighted by molar-refractivity contribution is 0.165. The van der Waals surface area contributed by atoms with E-state index in [0.717, 1.165) is 5.92 Å². The molecule has 0 amide bonds. The lowest BCUT2D eigenvalue weighted by atomic mass is 9.76. The summed E-state index contributed by atoms with van der Waals surface area (Å²) in [5, 5.41) is 3.81. The topological polar surface area (TPSA) is 12.0 Å². The molecule has 0 saturated heterocycles. The molecule has 0 aromatic heterocycles. The molecule has 1 nitrogen and oxygen atoms in total. The molecule has 0 spiro atoms. The highest BCUT2D eigenvalue weighted by Gasteiger charge is 2.58. The van der Waals surface area contributed by atoms with Gasteiger partial charge >= 0.3 is 0 Å². The number of rotatable bonds is 3. The Morgan fingerprint density at radius 1 is 1.36 bits per heavy atom. The summed E-state index contributed by atoms with van der Waals surface area (Å²) in [6.45, 7) is 11.0. The lowest BCUT2D eigenvalue weighted by Gasteiger charge is -2.41. The first-order valence-corrected chi connectivity index (χ1v) is 5.92. The van der Waals surface area contributed by atoms with Crippen LogP contribution in [0.4, 0.5) is 0 Å². The Labute approximate surface area is 88.0 Å². The molecule has 2 aliphatic carbocycles. The van der Waals surface area contributed by atoms with Gasteiger partial charge in [0.1, 0.15) is 0 Å². The number of hydrogen-bond acceptors (Lipinski definition) is 1. The zero-order chi connectivity index (χ0) is 10.4. The van der Waals surface area contributed by atoms with Crippen LogP contribution in [0.25, 0.3) is 0 Å². The van der Waals surface area contributed by atoms with Gasteiger partial charge in [0.25, 0.3) is 0 Å². The predicted octanol–water partition coefficient (Wildman–Crippen LogP) is 3.12. The lowest BCUT2D eigenvalue weighted by Crippen LogP contribution is -2.53. The van der Waals surface area contributed by atoms with Gasteiger partial charge in [-0.1, -0.05) is 19.9 Å². The summed E-state index contributed by atoms with van der Waals surface area (Å²) < 4.78 is 0. The second-order valence-corrected chi connectivity index (χ2v) is 5.75. The van der Waals surface area contributed by atoms with Gasteiger partial charge in [-0.2, -0.15) is 0 Å². The van der Waals surface area contributed by atoms with Crippen LogP contribution in [0.15, 0.2) is 12.7 Å². The monoisotopic (exact) mass is 193 g/mol. The van der Waals surface area contributed by atoms with Crippen LogP contribution >= 0.6 is 0 Å². The normalized spacial score (nSPS) is 41.2. The van der Waals surface area contributed by atoms with E-state index in [1.54, 1.807) is 0 Å². The molecule has 2 saturated carbocycles. The van der Waals surface area contributed by atoms with Gasteiger partial charge in [-0.05, 0) is 43.9 Å². The van der Waals surface area contributed by atoms with Crippen molar-refractivity contribution >= 4 is 0 Å². The Hall–Kier alpha value is -0.300. The van der Waals surface area contributed by atoms with Crippen LogP contribution in [0.2, 0.25) is 0 Å². The second kappa shape index (κ2) is 3.10. The Balaban J connectivity index is 2.18. The second-order valence-electron chi connectivity index (χ2n) is 5.75. The number of hydrogen-bond donors (Lipinski definition) is 1. The Kier molecular flexibility index (Phi) is 2.26. The first kappa shape index (κ1) is 10.2. The molecule has 2 bridgehead atoms. The minimum absolute atomic E-state index is 0.408. The van der Waals surface area contributed by atoms with Crippen molar-refractivity contribution in [3.8, 4) is 0 Å². The fraction of sp³-hybridized carbons (Fsp3) is 0.846. The maximum atomic E-state index is 3.87. The minimum Gasteiger partial charge on any atom is -0.305 e. The van der Waals surface area contributed by atoms with Crippen LogP contribution in [0, 0.1) is 11.3 Å². The van der Waals surface area contributed by atoms with Crippen LogP contribution in [0.5, 0.6) is 0 Å². The molecule has 0 aromatic rings. The van der Waals surface area contributed by atoms with Crippen molar-refractivity contribution in [2.75, 3.05) is 0 Å². The maximum Gasteiger partial charge on any atom is 0.0240 e. The van der Waals surface area contributed by atoms with E-state index in [1.807, 2.05) is 6.08 Å². The zero-order valence-electron chi connectivity index (χ0n) is 9.77. The quantitative estimate of drug-likeness (QED) is 0.679. The minimum atomic E-state index is 0.408. The molecule has 2 aliphatic rings. The molecule has 0 heterocycles. The van der Waals surface area contributed by atoms with Gasteiger partial charge in [0.15, 0.2) is 0 Å². The zero-order valence-corrected chi connectivity index (χ0v) is 9.77. The van der Waals surface area contributed by atoms with E-state index in [9.17, 15) is 0 Å². The van der Waals surface area contributed by atoms with Crippen LogP contribution < -0.4 is 5.32 Å². The van der Waals surface area contributed by atoms with Crippen molar-refractivity contribution < 1.29 is 0 Å². The average molecular weight is 193 g/mol. The Morgan fingerprint density at radius 3 is 2.29 bits per heavy atom. The first-order valence-electron chi connectivity index (χ1n) is 5.92. The Bertz CT molecular complexity index is 234. The summed E-state index contributed by atoms with van der Waals surface area (Å²) in [5.41, 5.74) is 0.898. The molecular weight excluding hydrogens is 170 g/mol. The van der Waals surface area contributed by atoms with E-state index in [-0.39, 0.29) is 0 Å². The van der Waals surface area contributed by atoms with Crippen molar-refractivity contribution in [3.05, 3.63) is 12.7 Å². The third-order valence-corrected chi connectivity index (χ3v) is 4.95. The average Bonchev–Trinajstić information content (AvgIpc) is 2.52. The molecule has 80 valence electrons. The molecular formula is C13H23N. The number of nitrogens with one attached hydrogen (secondary N) is 1. The smallest absolute Gasteiger partial charge is 0.0240 e. The molecule has 1 N–H and O–H groups in total. The van der Waals surface area contributed by atoms with Crippen LogP contribution in [-0.2, 0) is 0 Å². The summed E-state index contributed by atoms with van der Waals surface area (Å²) in [6.07, 6.45) is 7.59. The van der Waals surface area contributed by atoms with Crippen molar-refractivity contribution in [2.45, 2.75) is 58.0 Å². The molecule has 2 fully saturated rings. The summed E-state index contributed by atoms with van der Waals surface area (Å²) in [4.78, 5) is 0. The van der Waals surface area contributed by atoms with Gasteiger partial charge in [-0.15, -0.1) is 6.58 Å². The van der Waals surface area contributed by atoms with Gasteiger partial charge in [0, 0.05) is 11.6 Å². The van der Waals surface area contributed by atoms with Crippen LogP contribution in [-0.4, -0.2) is 11.6 Å². The third kappa shape index (κ3) is 1.18. The summed E-state index contributed by atoms with van der Waals surface area (Å²) in [7, 11) is 0. The molecule has 1 heteroatoms. The standard InChI is InChI=1S/C13H23N/c1-5-10(2)14-13-8-6-11(7-9-13)12(13,3)4/h5,10-11,14H,1,6-9H2,2-4H3. The van der Waals surface area contributed by atoms with E-state index < -0.39 is 0 Å². The van der Waals surface area contributed by atoms with Crippen molar-refractivity contribution in [2.24, 2.45) is 11.3 Å². The van der Waals surface area contributed by atoms with Crippen molar-refractivity contribution in [3.63, 3.8) is 0 Å². The van der Waals surface area contributed by atoms with E-state index >= 15 is 0 Å². The van der Waals surface area contributed by atoms with Gasteiger partial charge in [0.2, 0.25) is 0 Å². The molecule has 0 aliphatic heterocycles. The fourth-order valence-corrected chi connectivity index (χ4v) is 3.69. The van der Waals surface area contributed by atoms with E-state index in [0.29, 0.717) is 17.0 Å². The van der Waals surface area contributed by atoms with E-state index in [2.05, 4.69) is 32.7 Å². The fourth-order valence-electron chi connectivity index (χ4n) is 3.69. The largest absolute Gasteiger partial charge is 0.305 e. The molecule has 0 aromatic carbocycles.